The number of carbonyl (C=O) groups is 1. The Bertz CT molecular complexity index is 1230. The highest BCUT2D eigenvalue weighted by Crippen LogP contribution is 2.34. The van der Waals surface area contributed by atoms with Gasteiger partial charge in [-0.05, 0) is 61.9 Å². The molecule has 0 fully saturated rings. The molecule has 164 valence electrons. The van der Waals surface area contributed by atoms with Crippen molar-refractivity contribution < 1.29 is 14.3 Å². The molecule has 2 aromatic carbocycles. The maximum atomic E-state index is 13.7. The van der Waals surface area contributed by atoms with E-state index in [4.69, 9.17) is 14.5 Å². The van der Waals surface area contributed by atoms with E-state index in [1.54, 1.807) is 35.5 Å². The largest absolute Gasteiger partial charge is 0.490 e. The number of ether oxygens (including phenoxy) is 2. The van der Waals surface area contributed by atoms with Gasteiger partial charge in [0.2, 0.25) is 0 Å². The van der Waals surface area contributed by atoms with E-state index in [-0.39, 0.29) is 5.91 Å². The molecule has 0 atom stereocenters. The second kappa shape index (κ2) is 10.1. The topological polar surface area (TPSA) is 64.5 Å². The van der Waals surface area contributed by atoms with Gasteiger partial charge in [0, 0.05) is 22.4 Å². The molecule has 0 saturated carbocycles. The van der Waals surface area contributed by atoms with Crippen molar-refractivity contribution in [3.05, 3.63) is 76.5 Å². The van der Waals surface area contributed by atoms with Gasteiger partial charge in [0.1, 0.15) is 0 Å². The molecular formula is C24H22BrN3O3S. The van der Waals surface area contributed by atoms with Gasteiger partial charge in [-0.15, -0.1) is 0 Å². The lowest BCUT2D eigenvalue weighted by Crippen LogP contribution is -2.30. The summed E-state index contributed by atoms with van der Waals surface area (Å²) in [5, 5.41) is 0.624. The highest BCUT2D eigenvalue weighted by molar-refractivity contribution is 9.10. The molecule has 0 aliphatic rings. The first-order valence-corrected chi connectivity index (χ1v) is 11.9. The molecule has 0 radical (unpaired) electrons. The molecule has 0 aliphatic carbocycles. The molecule has 0 aliphatic heterocycles. The number of aromatic nitrogens is 2. The van der Waals surface area contributed by atoms with Gasteiger partial charge < -0.3 is 9.47 Å². The van der Waals surface area contributed by atoms with Crippen LogP contribution in [-0.2, 0) is 6.54 Å². The van der Waals surface area contributed by atoms with Crippen LogP contribution in [0.1, 0.15) is 29.8 Å². The number of nitrogens with zero attached hydrogens (tertiary/aromatic N) is 3. The van der Waals surface area contributed by atoms with E-state index >= 15 is 0 Å². The molecule has 4 rings (SSSR count). The van der Waals surface area contributed by atoms with Crippen LogP contribution in [0.5, 0.6) is 11.5 Å². The number of rotatable bonds is 8. The van der Waals surface area contributed by atoms with E-state index in [2.05, 4.69) is 20.9 Å². The third-order valence-electron chi connectivity index (χ3n) is 4.67. The lowest BCUT2D eigenvalue weighted by molar-refractivity contribution is 0.0984. The van der Waals surface area contributed by atoms with Crippen molar-refractivity contribution in [3.8, 4) is 11.5 Å². The number of hydrogen-bond donors (Lipinski definition) is 0. The maximum absolute atomic E-state index is 13.7. The van der Waals surface area contributed by atoms with Crippen LogP contribution in [0.15, 0.2) is 65.4 Å². The molecule has 0 saturated heterocycles. The molecule has 1 amide bonds. The predicted molar refractivity (Wildman–Crippen MR) is 131 cm³/mol. The summed E-state index contributed by atoms with van der Waals surface area (Å²) in [6, 6.07) is 15.0. The van der Waals surface area contributed by atoms with Crippen molar-refractivity contribution >= 4 is 48.5 Å². The Hall–Kier alpha value is -2.97. The zero-order chi connectivity index (χ0) is 22.5. The highest BCUT2D eigenvalue weighted by Gasteiger charge is 2.23. The molecule has 0 N–H and O–H groups in total. The summed E-state index contributed by atoms with van der Waals surface area (Å²) in [6.07, 6.45) is 3.47. The van der Waals surface area contributed by atoms with Gasteiger partial charge in [0.25, 0.3) is 5.91 Å². The minimum absolute atomic E-state index is 0.170. The molecule has 2 aromatic heterocycles. The molecule has 4 aromatic rings. The standard InChI is InChI=1S/C24H22BrN3O3S/c1-3-30-20-10-7-17(12-21(20)31-4-2)23(29)28(15-16-6-5-11-26-14-16)24-27-19-9-8-18(25)13-22(19)32-24/h5-14H,3-4,15H2,1-2H3. The van der Waals surface area contributed by atoms with E-state index in [1.807, 2.05) is 44.2 Å². The van der Waals surface area contributed by atoms with E-state index < -0.39 is 0 Å². The van der Waals surface area contributed by atoms with Crippen LogP contribution in [0.2, 0.25) is 0 Å². The predicted octanol–water partition coefficient (Wildman–Crippen LogP) is 6.10. The smallest absolute Gasteiger partial charge is 0.260 e. The van der Waals surface area contributed by atoms with Crippen molar-refractivity contribution in [1.29, 1.82) is 0 Å². The summed E-state index contributed by atoms with van der Waals surface area (Å²) in [4.78, 5) is 24.3. The number of pyridine rings is 1. The fourth-order valence-corrected chi connectivity index (χ4v) is 4.76. The van der Waals surface area contributed by atoms with Crippen LogP contribution in [0.25, 0.3) is 10.2 Å². The number of hydrogen-bond acceptors (Lipinski definition) is 6. The van der Waals surface area contributed by atoms with Crippen LogP contribution in [0, 0.1) is 0 Å². The number of thiazole rings is 1. The first-order valence-electron chi connectivity index (χ1n) is 10.3. The minimum atomic E-state index is -0.170. The summed E-state index contributed by atoms with van der Waals surface area (Å²) in [5.41, 5.74) is 2.26. The summed E-state index contributed by atoms with van der Waals surface area (Å²) >= 11 is 4.98. The van der Waals surface area contributed by atoms with E-state index in [1.165, 1.54) is 11.3 Å². The Balaban J connectivity index is 1.75. The summed E-state index contributed by atoms with van der Waals surface area (Å²) in [7, 11) is 0. The molecule has 0 spiro atoms. The lowest BCUT2D eigenvalue weighted by atomic mass is 10.1. The van der Waals surface area contributed by atoms with Gasteiger partial charge in [-0.1, -0.05) is 33.3 Å². The summed E-state index contributed by atoms with van der Waals surface area (Å²) < 4.78 is 13.3. The van der Waals surface area contributed by atoms with Gasteiger partial charge in [-0.25, -0.2) is 4.98 Å². The summed E-state index contributed by atoms with van der Waals surface area (Å²) in [5.74, 6) is 1.00. The zero-order valence-electron chi connectivity index (χ0n) is 17.7. The number of carbonyl (C=O) groups excluding carboxylic acids is 1. The van der Waals surface area contributed by atoms with Gasteiger partial charge in [-0.3, -0.25) is 14.7 Å². The Kier molecular flexibility index (Phi) is 7.02. The molecule has 0 unspecified atom stereocenters. The lowest BCUT2D eigenvalue weighted by Gasteiger charge is -2.21. The molecule has 8 heteroatoms. The highest BCUT2D eigenvalue weighted by atomic mass is 79.9. The number of anilines is 1. The SMILES string of the molecule is CCOc1ccc(C(=O)N(Cc2cccnc2)c2nc3ccc(Br)cc3s2)cc1OCC. The van der Waals surface area contributed by atoms with Gasteiger partial charge in [0.05, 0.1) is 30.0 Å². The molecule has 6 nitrogen and oxygen atoms in total. The minimum Gasteiger partial charge on any atom is -0.490 e. The third kappa shape index (κ3) is 4.92. The van der Waals surface area contributed by atoms with Crippen LogP contribution < -0.4 is 14.4 Å². The normalized spacial score (nSPS) is 10.8. The first kappa shape index (κ1) is 22.2. The second-order valence-corrected chi connectivity index (χ2v) is 8.81. The van der Waals surface area contributed by atoms with Gasteiger partial charge in [0.15, 0.2) is 16.6 Å². The van der Waals surface area contributed by atoms with Gasteiger partial charge >= 0.3 is 0 Å². The van der Waals surface area contributed by atoms with Crippen molar-refractivity contribution in [1.82, 2.24) is 9.97 Å². The third-order valence-corrected chi connectivity index (χ3v) is 6.20. The van der Waals surface area contributed by atoms with E-state index in [0.29, 0.717) is 42.0 Å². The fourth-order valence-electron chi connectivity index (χ4n) is 3.24. The van der Waals surface area contributed by atoms with Crippen molar-refractivity contribution in [2.24, 2.45) is 0 Å². The van der Waals surface area contributed by atoms with E-state index in [9.17, 15) is 4.79 Å². The average Bonchev–Trinajstić information content (AvgIpc) is 3.22. The molecule has 0 bridgehead atoms. The maximum Gasteiger partial charge on any atom is 0.260 e. The number of benzene rings is 2. The van der Waals surface area contributed by atoms with Crippen LogP contribution in [0.4, 0.5) is 5.13 Å². The Morgan fingerprint density at radius 3 is 2.62 bits per heavy atom. The van der Waals surface area contributed by atoms with Crippen LogP contribution >= 0.6 is 27.3 Å². The first-order chi connectivity index (χ1) is 15.6. The van der Waals surface area contributed by atoms with Crippen LogP contribution in [-0.4, -0.2) is 29.1 Å². The molecule has 32 heavy (non-hydrogen) atoms. The zero-order valence-corrected chi connectivity index (χ0v) is 20.1. The van der Waals surface area contributed by atoms with Crippen molar-refractivity contribution in [2.75, 3.05) is 18.1 Å². The number of amides is 1. The number of fused-ring (bicyclic) bond motifs is 1. The number of halogens is 1. The molecular weight excluding hydrogens is 490 g/mol. The van der Waals surface area contributed by atoms with Gasteiger partial charge in [-0.2, -0.15) is 0 Å². The van der Waals surface area contributed by atoms with Crippen molar-refractivity contribution in [3.63, 3.8) is 0 Å². The Morgan fingerprint density at radius 1 is 1.06 bits per heavy atom. The quantitative estimate of drug-likeness (QED) is 0.286. The molecule has 2 heterocycles. The second-order valence-electron chi connectivity index (χ2n) is 6.89. The van der Waals surface area contributed by atoms with E-state index in [0.717, 1.165) is 20.3 Å². The van der Waals surface area contributed by atoms with Crippen LogP contribution in [0.3, 0.4) is 0 Å². The Morgan fingerprint density at radius 2 is 1.88 bits per heavy atom. The summed E-state index contributed by atoms with van der Waals surface area (Å²) in [6.45, 7) is 5.16. The monoisotopic (exact) mass is 511 g/mol. The Labute approximate surface area is 199 Å². The fraction of sp³-hybridized carbons (Fsp3) is 0.208. The average molecular weight is 512 g/mol. The van der Waals surface area contributed by atoms with Crippen molar-refractivity contribution in [2.45, 2.75) is 20.4 Å².